The molecule has 0 saturated carbocycles. The summed E-state index contributed by atoms with van der Waals surface area (Å²) in [6.45, 7) is 0.697. The maximum Gasteiger partial charge on any atom is 0.260 e. The number of carbonyl (C=O) groups excluding carboxylic acids is 1. The smallest absolute Gasteiger partial charge is 0.260 e. The van der Waals surface area contributed by atoms with Crippen LogP contribution in [0.15, 0.2) is 24.3 Å². The van der Waals surface area contributed by atoms with Gasteiger partial charge in [-0.05, 0) is 31.0 Å². The molecule has 0 unspecified atom stereocenters. The minimum atomic E-state index is -0.0912. The largest absolute Gasteiger partial charge is 0.484 e. The molecule has 1 aliphatic rings. The van der Waals surface area contributed by atoms with Gasteiger partial charge in [0.2, 0.25) is 0 Å². The minimum Gasteiger partial charge on any atom is -0.484 e. The summed E-state index contributed by atoms with van der Waals surface area (Å²) in [5.74, 6) is 0.488. The van der Waals surface area contributed by atoms with Gasteiger partial charge in [0.15, 0.2) is 6.61 Å². The van der Waals surface area contributed by atoms with Crippen LogP contribution < -0.4 is 4.74 Å². The summed E-state index contributed by atoms with van der Waals surface area (Å²) in [6, 6.07) is 6.89. The van der Waals surface area contributed by atoms with E-state index >= 15 is 0 Å². The quantitative estimate of drug-likeness (QED) is 0.905. The fraction of sp³-hybridized carbons (Fsp3) is 0.462. The van der Waals surface area contributed by atoms with E-state index in [1.165, 1.54) is 0 Å². The van der Waals surface area contributed by atoms with Crippen molar-refractivity contribution in [1.29, 1.82) is 0 Å². The van der Waals surface area contributed by atoms with Crippen molar-refractivity contribution in [2.24, 2.45) is 0 Å². The molecule has 5 heteroatoms. The number of carbonyl (C=O) groups is 1. The molecule has 1 amide bonds. The van der Waals surface area contributed by atoms with Gasteiger partial charge >= 0.3 is 0 Å². The van der Waals surface area contributed by atoms with Crippen molar-refractivity contribution in [2.45, 2.75) is 18.9 Å². The maximum absolute atomic E-state index is 11.9. The first-order valence-electron chi connectivity index (χ1n) is 5.99. The van der Waals surface area contributed by atoms with E-state index in [2.05, 4.69) is 0 Å². The summed E-state index contributed by atoms with van der Waals surface area (Å²) < 4.78 is 5.40. The molecule has 98 valence electrons. The molecule has 4 nitrogen and oxygen atoms in total. The van der Waals surface area contributed by atoms with E-state index in [0.717, 1.165) is 12.8 Å². The molecule has 0 bridgehead atoms. The lowest BCUT2D eigenvalue weighted by Gasteiger charge is -2.22. The first-order chi connectivity index (χ1) is 8.70. The number of hydrogen-bond donors (Lipinski definition) is 1. The lowest BCUT2D eigenvalue weighted by molar-refractivity contribution is -0.134. The highest BCUT2D eigenvalue weighted by molar-refractivity contribution is 6.30. The molecule has 0 aromatic heterocycles. The van der Waals surface area contributed by atoms with Gasteiger partial charge in [-0.1, -0.05) is 17.7 Å². The summed E-state index contributed by atoms with van der Waals surface area (Å²) in [5.41, 5.74) is 0. The van der Waals surface area contributed by atoms with Gasteiger partial charge in [0.05, 0.1) is 12.6 Å². The highest BCUT2D eigenvalue weighted by Crippen LogP contribution is 2.19. The van der Waals surface area contributed by atoms with E-state index in [1.54, 1.807) is 29.2 Å². The Labute approximate surface area is 111 Å². The van der Waals surface area contributed by atoms with E-state index < -0.39 is 0 Å². The van der Waals surface area contributed by atoms with Gasteiger partial charge in [-0.15, -0.1) is 0 Å². The minimum absolute atomic E-state index is 0.0168. The number of aliphatic hydroxyl groups is 1. The van der Waals surface area contributed by atoms with E-state index in [9.17, 15) is 4.79 Å². The Morgan fingerprint density at radius 1 is 1.56 bits per heavy atom. The second-order valence-corrected chi connectivity index (χ2v) is 4.75. The van der Waals surface area contributed by atoms with Gasteiger partial charge < -0.3 is 14.7 Å². The Hall–Kier alpha value is -1.26. The average Bonchev–Trinajstić information content (AvgIpc) is 2.84. The van der Waals surface area contributed by atoms with E-state index in [4.69, 9.17) is 21.4 Å². The second kappa shape index (κ2) is 6.07. The topological polar surface area (TPSA) is 49.8 Å². The maximum atomic E-state index is 11.9. The number of nitrogens with zero attached hydrogens (tertiary/aromatic N) is 1. The molecule has 1 heterocycles. The number of hydrogen-bond acceptors (Lipinski definition) is 3. The van der Waals surface area contributed by atoms with Crippen LogP contribution in [0.5, 0.6) is 5.75 Å². The highest BCUT2D eigenvalue weighted by Gasteiger charge is 2.28. The van der Waals surface area contributed by atoms with Crippen molar-refractivity contribution in [3.63, 3.8) is 0 Å². The highest BCUT2D eigenvalue weighted by atomic mass is 35.5. The van der Waals surface area contributed by atoms with Crippen LogP contribution in [-0.2, 0) is 4.79 Å². The molecule has 0 aliphatic carbocycles. The molecule has 1 N–H and O–H groups in total. The zero-order valence-electron chi connectivity index (χ0n) is 10.0. The lowest BCUT2D eigenvalue weighted by atomic mass is 10.2. The molecule has 1 fully saturated rings. The van der Waals surface area contributed by atoms with E-state index in [0.29, 0.717) is 17.3 Å². The Kier molecular flexibility index (Phi) is 4.44. The Balaban J connectivity index is 1.88. The normalized spacial score (nSPS) is 19.0. The summed E-state index contributed by atoms with van der Waals surface area (Å²) >= 11 is 5.82. The Bertz CT molecular complexity index is 424. The molecular weight excluding hydrogens is 254 g/mol. The van der Waals surface area contributed by atoms with Gasteiger partial charge in [-0.2, -0.15) is 0 Å². The number of rotatable bonds is 4. The first kappa shape index (κ1) is 13.2. The van der Waals surface area contributed by atoms with Crippen LogP contribution in [0, 0.1) is 0 Å². The van der Waals surface area contributed by atoms with Crippen molar-refractivity contribution < 1.29 is 14.6 Å². The average molecular weight is 270 g/mol. The lowest BCUT2D eigenvalue weighted by Crippen LogP contribution is -2.40. The van der Waals surface area contributed by atoms with Crippen molar-refractivity contribution in [1.82, 2.24) is 4.90 Å². The van der Waals surface area contributed by atoms with Crippen molar-refractivity contribution in [2.75, 3.05) is 19.8 Å². The number of halogens is 1. The van der Waals surface area contributed by atoms with Crippen LogP contribution in [0.4, 0.5) is 0 Å². The van der Waals surface area contributed by atoms with Crippen LogP contribution in [0.1, 0.15) is 12.8 Å². The van der Waals surface area contributed by atoms with Crippen molar-refractivity contribution >= 4 is 17.5 Å². The van der Waals surface area contributed by atoms with Gasteiger partial charge in [0, 0.05) is 11.6 Å². The number of amides is 1. The fourth-order valence-corrected chi connectivity index (χ4v) is 2.32. The van der Waals surface area contributed by atoms with Crippen LogP contribution >= 0.6 is 11.6 Å². The molecule has 1 atom stereocenters. The van der Waals surface area contributed by atoms with Crippen LogP contribution in [-0.4, -0.2) is 41.7 Å². The zero-order chi connectivity index (χ0) is 13.0. The Morgan fingerprint density at radius 2 is 2.39 bits per heavy atom. The molecule has 1 saturated heterocycles. The second-order valence-electron chi connectivity index (χ2n) is 4.31. The number of likely N-dealkylation sites (tertiary alicyclic amines) is 1. The van der Waals surface area contributed by atoms with Crippen molar-refractivity contribution in [3.05, 3.63) is 29.3 Å². The standard InChI is InChI=1S/C13H16ClNO3/c14-10-3-1-5-12(7-10)18-9-13(17)15-6-2-4-11(15)8-16/h1,3,5,7,11,16H,2,4,6,8-9H2/t11-/m1/s1. The van der Waals surface area contributed by atoms with Gasteiger partial charge in [0.1, 0.15) is 5.75 Å². The third-order valence-electron chi connectivity index (χ3n) is 3.07. The Morgan fingerprint density at radius 3 is 3.11 bits per heavy atom. The van der Waals surface area contributed by atoms with Crippen LogP contribution in [0.3, 0.4) is 0 Å². The SMILES string of the molecule is O=C(COc1cccc(Cl)c1)N1CCC[C@@H]1CO. The van der Waals surface area contributed by atoms with Crippen LogP contribution in [0.25, 0.3) is 0 Å². The molecular formula is C13H16ClNO3. The van der Waals surface area contributed by atoms with Gasteiger partial charge in [0.25, 0.3) is 5.91 Å². The molecule has 0 spiro atoms. The first-order valence-corrected chi connectivity index (χ1v) is 6.37. The predicted octanol–water partition coefficient (Wildman–Crippen LogP) is 1.70. The molecule has 1 aromatic rings. The molecule has 18 heavy (non-hydrogen) atoms. The van der Waals surface area contributed by atoms with Crippen LogP contribution in [0.2, 0.25) is 5.02 Å². The van der Waals surface area contributed by atoms with Gasteiger partial charge in [-0.3, -0.25) is 4.79 Å². The predicted molar refractivity (Wildman–Crippen MR) is 68.8 cm³/mol. The third-order valence-corrected chi connectivity index (χ3v) is 3.30. The fourth-order valence-electron chi connectivity index (χ4n) is 2.14. The van der Waals surface area contributed by atoms with E-state index in [1.807, 2.05) is 0 Å². The number of benzene rings is 1. The molecule has 1 aliphatic heterocycles. The third kappa shape index (κ3) is 3.15. The van der Waals surface area contributed by atoms with Gasteiger partial charge in [-0.25, -0.2) is 0 Å². The van der Waals surface area contributed by atoms with E-state index in [-0.39, 0.29) is 25.2 Å². The number of aliphatic hydroxyl groups excluding tert-OH is 1. The number of ether oxygens (including phenoxy) is 1. The summed E-state index contributed by atoms with van der Waals surface area (Å²) in [4.78, 5) is 13.6. The summed E-state index contributed by atoms with van der Waals surface area (Å²) in [7, 11) is 0. The summed E-state index contributed by atoms with van der Waals surface area (Å²) in [6.07, 6.45) is 1.80. The zero-order valence-corrected chi connectivity index (χ0v) is 10.8. The molecule has 0 radical (unpaired) electrons. The summed E-state index contributed by atoms with van der Waals surface area (Å²) in [5, 5.41) is 9.73. The molecule has 1 aromatic carbocycles. The molecule has 2 rings (SSSR count). The monoisotopic (exact) mass is 269 g/mol. The van der Waals surface area contributed by atoms with Crippen molar-refractivity contribution in [3.8, 4) is 5.75 Å².